The molecular formula is C17H11ClFN3O2. The quantitative estimate of drug-likeness (QED) is 0.679. The summed E-state index contributed by atoms with van der Waals surface area (Å²) < 4.78 is 19.9. The fraction of sp³-hybridized carbons (Fsp3) is 0.118. The zero-order valence-corrected chi connectivity index (χ0v) is 13.1. The third-order valence-electron chi connectivity index (χ3n) is 3.83. The van der Waals surface area contributed by atoms with Gasteiger partial charge in [-0.2, -0.15) is 0 Å². The number of carbonyl (C=O) groups is 1. The average molecular weight is 344 g/mol. The van der Waals surface area contributed by atoms with Crippen LogP contribution < -0.4 is 9.64 Å². The predicted molar refractivity (Wildman–Crippen MR) is 88.1 cm³/mol. The Balaban J connectivity index is 1.81. The molecule has 0 N–H and O–H groups in total. The van der Waals surface area contributed by atoms with Crippen LogP contribution in [0, 0.1) is 5.82 Å². The molecule has 1 aliphatic heterocycles. The van der Waals surface area contributed by atoms with Crippen LogP contribution in [0.3, 0.4) is 0 Å². The number of hydrogen-bond donors (Lipinski definition) is 0. The lowest BCUT2D eigenvalue weighted by Crippen LogP contribution is -2.38. The molecule has 7 heteroatoms. The van der Waals surface area contributed by atoms with E-state index in [2.05, 4.69) is 9.97 Å². The maximum atomic E-state index is 14.4. The Bertz CT molecular complexity index is 964. The van der Waals surface area contributed by atoms with Crippen molar-refractivity contribution in [3.8, 4) is 5.75 Å². The van der Waals surface area contributed by atoms with Gasteiger partial charge in [0.25, 0.3) is 5.91 Å². The minimum atomic E-state index is -0.636. The Labute approximate surface area is 141 Å². The molecule has 0 atom stereocenters. The topological polar surface area (TPSA) is 55.3 Å². The summed E-state index contributed by atoms with van der Waals surface area (Å²) in [4.78, 5) is 22.5. The van der Waals surface area contributed by atoms with Crippen LogP contribution in [0.4, 0.5) is 10.1 Å². The fourth-order valence-corrected chi connectivity index (χ4v) is 2.94. The molecule has 3 aromatic rings. The van der Waals surface area contributed by atoms with Crippen molar-refractivity contribution in [3.63, 3.8) is 0 Å². The van der Waals surface area contributed by atoms with Gasteiger partial charge in [0.1, 0.15) is 12.4 Å². The van der Waals surface area contributed by atoms with Gasteiger partial charge < -0.3 is 9.64 Å². The molecule has 120 valence electrons. The molecule has 0 bridgehead atoms. The molecule has 1 amide bonds. The number of aromatic nitrogens is 2. The number of halogens is 2. The summed E-state index contributed by atoms with van der Waals surface area (Å²) in [7, 11) is 0. The monoisotopic (exact) mass is 343 g/mol. The second-order valence-corrected chi connectivity index (χ2v) is 5.68. The van der Waals surface area contributed by atoms with E-state index in [-0.39, 0.29) is 12.2 Å². The van der Waals surface area contributed by atoms with Crippen LogP contribution in [0.25, 0.3) is 11.0 Å². The van der Waals surface area contributed by atoms with Crippen LogP contribution in [0.15, 0.2) is 42.7 Å². The van der Waals surface area contributed by atoms with Gasteiger partial charge in [-0.25, -0.2) is 4.39 Å². The lowest BCUT2D eigenvalue weighted by Gasteiger charge is -2.30. The molecule has 5 nitrogen and oxygen atoms in total. The molecule has 0 radical (unpaired) electrons. The molecule has 0 saturated carbocycles. The molecule has 0 spiro atoms. The van der Waals surface area contributed by atoms with Crippen LogP contribution in [0.1, 0.15) is 10.4 Å². The lowest BCUT2D eigenvalue weighted by molar-refractivity contribution is 0.0973. The number of amides is 1. The highest BCUT2D eigenvalue weighted by Crippen LogP contribution is 2.38. The van der Waals surface area contributed by atoms with E-state index in [1.54, 1.807) is 18.2 Å². The minimum absolute atomic E-state index is 0.0594. The highest BCUT2D eigenvalue weighted by atomic mass is 35.5. The zero-order valence-electron chi connectivity index (χ0n) is 12.4. The lowest BCUT2D eigenvalue weighted by atomic mass is 10.1. The SMILES string of the molecule is O=C(c1cc2nccnc2cc1F)N1CCOc2c(Cl)cccc21. The summed E-state index contributed by atoms with van der Waals surface area (Å²) in [5.74, 6) is -0.672. The average Bonchev–Trinajstić information content (AvgIpc) is 2.60. The van der Waals surface area contributed by atoms with Gasteiger partial charge in [0.15, 0.2) is 5.75 Å². The van der Waals surface area contributed by atoms with Gasteiger partial charge >= 0.3 is 0 Å². The molecule has 1 aromatic heterocycles. The molecule has 0 fully saturated rings. The van der Waals surface area contributed by atoms with E-state index in [4.69, 9.17) is 16.3 Å². The van der Waals surface area contributed by atoms with Gasteiger partial charge in [-0.3, -0.25) is 14.8 Å². The van der Waals surface area contributed by atoms with Crippen molar-refractivity contribution < 1.29 is 13.9 Å². The second-order valence-electron chi connectivity index (χ2n) is 5.27. The number of benzene rings is 2. The largest absolute Gasteiger partial charge is 0.488 e. The first kappa shape index (κ1) is 14.8. The molecule has 4 rings (SSSR count). The first-order chi connectivity index (χ1) is 11.6. The number of rotatable bonds is 1. The van der Waals surface area contributed by atoms with E-state index in [1.165, 1.54) is 29.4 Å². The summed E-state index contributed by atoms with van der Waals surface area (Å²) >= 11 is 6.11. The molecule has 1 aliphatic rings. The first-order valence-corrected chi connectivity index (χ1v) is 7.66. The summed E-state index contributed by atoms with van der Waals surface area (Å²) in [6.45, 7) is 0.599. The maximum absolute atomic E-state index is 14.4. The summed E-state index contributed by atoms with van der Waals surface area (Å²) in [5.41, 5.74) is 1.33. The number of anilines is 1. The van der Waals surface area contributed by atoms with Gasteiger partial charge in [-0.1, -0.05) is 17.7 Å². The van der Waals surface area contributed by atoms with Gasteiger partial charge in [0, 0.05) is 18.5 Å². The summed E-state index contributed by atoms with van der Waals surface area (Å²) in [6, 6.07) is 7.75. The summed E-state index contributed by atoms with van der Waals surface area (Å²) in [6.07, 6.45) is 2.97. The van der Waals surface area contributed by atoms with Crippen LogP contribution in [0.5, 0.6) is 5.75 Å². The first-order valence-electron chi connectivity index (χ1n) is 7.28. The van der Waals surface area contributed by atoms with Gasteiger partial charge in [-0.05, 0) is 18.2 Å². The van der Waals surface area contributed by atoms with E-state index >= 15 is 0 Å². The van der Waals surface area contributed by atoms with Gasteiger partial charge in [0.2, 0.25) is 0 Å². The van der Waals surface area contributed by atoms with Crippen molar-refractivity contribution in [2.75, 3.05) is 18.1 Å². The van der Waals surface area contributed by atoms with Crippen molar-refractivity contribution in [1.29, 1.82) is 0 Å². The standard InChI is InChI=1S/C17H11ClFN3O2/c18-11-2-1-3-15-16(11)24-7-6-22(15)17(23)10-8-13-14(9-12(10)19)21-5-4-20-13/h1-5,8-9H,6-7H2. The maximum Gasteiger partial charge on any atom is 0.261 e. The van der Waals surface area contributed by atoms with Crippen molar-refractivity contribution >= 4 is 34.2 Å². The Morgan fingerprint density at radius 3 is 2.75 bits per heavy atom. The van der Waals surface area contributed by atoms with Crippen LogP contribution in [0.2, 0.25) is 5.02 Å². The highest BCUT2D eigenvalue weighted by Gasteiger charge is 2.28. The predicted octanol–water partition coefficient (Wildman–Crippen LogP) is 3.46. The van der Waals surface area contributed by atoms with Crippen LogP contribution in [-0.2, 0) is 0 Å². The normalized spacial score (nSPS) is 13.5. The summed E-state index contributed by atoms with van der Waals surface area (Å²) in [5, 5.41) is 0.412. The number of carbonyl (C=O) groups excluding carboxylic acids is 1. The Hall–Kier alpha value is -2.73. The number of ether oxygens (including phenoxy) is 1. The number of nitrogens with zero attached hydrogens (tertiary/aromatic N) is 3. The Morgan fingerprint density at radius 2 is 1.96 bits per heavy atom. The van der Waals surface area contributed by atoms with Crippen molar-refractivity contribution in [2.24, 2.45) is 0 Å². The van der Waals surface area contributed by atoms with E-state index < -0.39 is 11.7 Å². The number of para-hydroxylation sites is 1. The van der Waals surface area contributed by atoms with E-state index in [1.807, 2.05) is 0 Å². The van der Waals surface area contributed by atoms with Gasteiger partial charge in [0.05, 0.1) is 33.9 Å². The molecule has 0 aliphatic carbocycles. The molecule has 2 heterocycles. The van der Waals surface area contributed by atoms with Crippen LogP contribution in [-0.4, -0.2) is 29.0 Å². The van der Waals surface area contributed by atoms with Crippen molar-refractivity contribution in [2.45, 2.75) is 0 Å². The molecule has 24 heavy (non-hydrogen) atoms. The highest BCUT2D eigenvalue weighted by molar-refractivity contribution is 6.32. The molecule has 2 aromatic carbocycles. The Morgan fingerprint density at radius 1 is 1.21 bits per heavy atom. The second kappa shape index (κ2) is 5.72. The minimum Gasteiger partial charge on any atom is -0.488 e. The Kier molecular flexibility index (Phi) is 3.54. The third-order valence-corrected chi connectivity index (χ3v) is 4.13. The molecule has 0 unspecified atom stereocenters. The van der Waals surface area contributed by atoms with E-state index in [0.717, 1.165) is 0 Å². The smallest absolute Gasteiger partial charge is 0.261 e. The van der Waals surface area contributed by atoms with E-state index in [0.29, 0.717) is 34.0 Å². The fourth-order valence-electron chi connectivity index (χ4n) is 2.72. The zero-order chi connectivity index (χ0) is 16.7. The third kappa shape index (κ3) is 2.35. The number of hydrogen-bond acceptors (Lipinski definition) is 4. The molecular weight excluding hydrogens is 333 g/mol. The van der Waals surface area contributed by atoms with Crippen molar-refractivity contribution in [3.05, 3.63) is 59.1 Å². The number of fused-ring (bicyclic) bond motifs is 2. The molecule has 0 saturated heterocycles. The van der Waals surface area contributed by atoms with E-state index in [9.17, 15) is 9.18 Å². The van der Waals surface area contributed by atoms with Crippen LogP contribution >= 0.6 is 11.6 Å². The van der Waals surface area contributed by atoms with Gasteiger partial charge in [-0.15, -0.1) is 0 Å². The van der Waals surface area contributed by atoms with Crippen molar-refractivity contribution in [1.82, 2.24) is 9.97 Å².